The minimum atomic E-state index is -1.49. The molecule has 0 spiro atoms. The van der Waals surface area contributed by atoms with Gasteiger partial charge in [0.25, 0.3) is 0 Å². The summed E-state index contributed by atoms with van der Waals surface area (Å²) in [6, 6.07) is 6.93. The lowest BCUT2D eigenvalue weighted by atomic mass is 10.3. The molecule has 1 aromatic carbocycles. The molecule has 1 rings (SSSR count). The second kappa shape index (κ2) is 4.66. The van der Waals surface area contributed by atoms with Gasteiger partial charge in [0, 0.05) is 10.6 Å². The molecule has 74 valence electrons. The van der Waals surface area contributed by atoms with Crippen molar-refractivity contribution in [1.29, 1.82) is 0 Å². The highest BCUT2D eigenvalue weighted by Gasteiger charge is 2.10. The molecule has 0 heterocycles. The first-order chi connectivity index (χ1) is 6.63. The molecule has 0 aliphatic rings. The Kier molecular flexibility index (Phi) is 3.53. The maximum absolute atomic E-state index is 10.8. The second-order valence-corrected chi connectivity index (χ2v) is 3.37. The van der Waals surface area contributed by atoms with Gasteiger partial charge >= 0.3 is 11.9 Å². The Balaban J connectivity index is 2.69. The first-order valence-corrected chi connectivity index (χ1v) is 5.04. The van der Waals surface area contributed by atoms with Crippen molar-refractivity contribution < 1.29 is 14.7 Å². The van der Waals surface area contributed by atoms with Gasteiger partial charge in [-0.15, -0.1) is 11.8 Å². The summed E-state index contributed by atoms with van der Waals surface area (Å²) >= 11 is 1.57. The summed E-state index contributed by atoms with van der Waals surface area (Å²) in [5.41, 5.74) is 0.482. The van der Waals surface area contributed by atoms with Crippen LogP contribution < -0.4 is 5.32 Å². The molecular weight excluding hydrogens is 202 g/mol. The molecule has 2 N–H and O–H groups in total. The summed E-state index contributed by atoms with van der Waals surface area (Å²) in [5, 5.41) is 10.6. The molecule has 0 unspecified atom stereocenters. The van der Waals surface area contributed by atoms with Gasteiger partial charge in [-0.1, -0.05) is 0 Å². The summed E-state index contributed by atoms with van der Waals surface area (Å²) in [6.07, 6.45) is 1.94. The molecule has 0 aliphatic carbocycles. The Morgan fingerprint density at radius 3 is 2.29 bits per heavy atom. The van der Waals surface area contributed by atoms with Gasteiger partial charge in [-0.2, -0.15) is 0 Å². The van der Waals surface area contributed by atoms with Crippen molar-refractivity contribution in [3.8, 4) is 0 Å². The highest BCUT2D eigenvalue weighted by atomic mass is 32.2. The molecule has 1 aromatic rings. The van der Waals surface area contributed by atoms with Crippen LogP contribution in [0.15, 0.2) is 29.2 Å². The fraction of sp³-hybridized carbons (Fsp3) is 0.111. The number of carboxylic acid groups (broad SMARTS) is 1. The van der Waals surface area contributed by atoms with Gasteiger partial charge in [-0.25, -0.2) is 4.79 Å². The average molecular weight is 211 g/mol. The molecule has 0 saturated heterocycles. The van der Waals surface area contributed by atoms with Crippen LogP contribution in [0.25, 0.3) is 0 Å². The largest absolute Gasteiger partial charge is 0.474 e. The Hall–Kier alpha value is -1.49. The van der Waals surface area contributed by atoms with Gasteiger partial charge in [0.1, 0.15) is 0 Å². The zero-order valence-corrected chi connectivity index (χ0v) is 8.30. The van der Waals surface area contributed by atoms with Gasteiger partial charge in [0.2, 0.25) is 0 Å². The number of nitrogens with one attached hydrogen (secondary N) is 1. The third-order valence-corrected chi connectivity index (χ3v) is 2.29. The molecule has 5 heteroatoms. The van der Waals surface area contributed by atoms with Crippen molar-refractivity contribution in [3.05, 3.63) is 24.3 Å². The van der Waals surface area contributed by atoms with Crippen LogP contribution >= 0.6 is 11.8 Å². The summed E-state index contributed by atoms with van der Waals surface area (Å²) in [4.78, 5) is 22.0. The van der Waals surface area contributed by atoms with E-state index in [1.165, 1.54) is 0 Å². The van der Waals surface area contributed by atoms with E-state index in [4.69, 9.17) is 5.11 Å². The average Bonchev–Trinajstić information content (AvgIpc) is 2.19. The Bertz CT molecular complexity index is 348. The van der Waals surface area contributed by atoms with Gasteiger partial charge in [-0.3, -0.25) is 4.79 Å². The summed E-state index contributed by atoms with van der Waals surface area (Å²) < 4.78 is 0. The number of carbonyl (C=O) groups excluding carboxylic acids is 1. The van der Waals surface area contributed by atoms with E-state index in [1.54, 1.807) is 23.9 Å². The molecule has 0 aliphatic heterocycles. The maximum atomic E-state index is 10.8. The van der Waals surface area contributed by atoms with Gasteiger partial charge in [-0.05, 0) is 30.5 Å². The first kappa shape index (κ1) is 10.6. The Labute approximate surface area is 85.3 Å². The highest BCUT2D eigenvalue weighted by molar-refractivity contribution is 7.98. The maximum Gasteiger partial charge on any atom is 0.394 e. The zero-order chi connectivity index (χ0) is 10.6. The topological polar surface area (TPSA) is 66.4 Å². The normalized spacial score (nSPS) is 9.50. The number of hydrogen-bond donors (Lipinski definition) is 2. The molecule has 0 aromatic heterocycles. The predicted molar refractivity (Wildman–Crippen MR) is 54.5 cm³/mol. The SMILES string of the molecule is CSc1ccc(NC(=O)C(=O)O)cc1. The van der Waals surface area contributed by atoms with Gasteiger partial charge in [0.15, 0.2) is 0 Å². The molecule has 0 saturated carbocycles. The fourth-order valence-electron chi connectivity index (χ4n) is 0.859. The van der Waals surface area contributed by atoms with E-state index in [2.05, 4.69) is 5.32 Å². The van der Waals surface area contributed by atoms with E-state index in [-0.39, 0.29) is 0 Å². The molecule has 0 radical (unpaired) electrons. The number of carbonyl (C=O) groups is 2. The quantitative estimate of drug-likeness (QED) is 0.573. The molecule has 0 atom stereocenters. The van der Waals surface area contributed by atoms with Crippen LogP contribution in [0.1, 0.15) is 0 Å². The summed E-state index contributed by atoms with van der Waals surface area (Å²) in [5.74, 6) is -2.51. The number of hydrogen-bond acceptors (Lipinski definition) is 3. The highest BCUT2D eigenvalue weighted by Crippen LogP contribution is 2.17. The third kappa shape index (κ3) is 2.77. The minimum Gasteiger partial charge on any atom is -0.474 e. The van der Waals surface area contributed by atoms with Crippen molar-refractivity contribution in [2.24, 2.45) is 0 Å². The molecular formula is C9H9NO3S. The number of anilines is 1. The minimum absolute atomic E-state index is 0.482. The molecule has 0 fully saturated rings. The van der Waals surface area contributed by atoms with Crippen LogP contribution in [0.3, 0.4) is 0 Å². The van der Waals surface area contributed by atoms with Gasteiger partial charge in [0.05, 0.1) is 0 Å². The van der Waals surface area contributed by atoms with Crippen molar-refractivity contribution in [2.75, 3.05) is 11.6 Å². The fourth-order valence-corrected chi connectivity index (χ4v) is 1.27. The lowest BCUT2D eigenvalue weighted by Crippen LogP contribution is -2.21. The van der Waals surface area contributed by atoms with E-state index in [0.717, 1.165) is 4.90 Å². The zero-order valence-electron chi connectivity index (χ0n) is 7.48. The van der Waals surface area contributed by atoms with Crippen LogP contribution in [0, 0.1) is 0 Å². The van der Waals surface area contributed by atoms with Crippen LogP contribution in [-0.2, 0) is 9.59 Å². The Morgan fingerprint density at radius 1 is 1.29 bits per heavy atom. The summed E-state index contributed by atoms with van der Waals surface area (Å²) in [7, 11) is 0. The van der Waals surface area contributed by atoms with Crippen molar-refractivity contribution in [3.63, 3.8) is 0 Å². The third-order valence-electron chi connectivity index (χ3n) is 1.54. The lowest BCUT2D eigenvalue weighted by Gasteiger charge is -2.02. The molecule has 14 heavy (non-hydrogen) atoms. The van der Waals surface area contributed by atoms with E-state index < -0.39 is 11.9 Å². The van der Waals surface area contributed by atoms with Gasteiger partial charge < -0.3 is 10.4 Å². The van der Waals surface area contributed by atoms with E-state index >= 15 is 0 Å². The summed E-state index contributed by atoms with van der Waals surface area (Å²) in [6.45, 7) is 0. The van der Waals surface area contributed by atoms with Crippen molar-refractivity contribution >= 4 is 29.3 Å². The second-order valence-electron chi connectivity index (χ2n) is 2.49. The molecule has 0 bridgehead atoms. The van der Waals surface area contributed by atoms with Crippen molar-refractivity contribution in [1.82, 2.24) is 0 Å². The molecule has 1 amide bonds. The van der Waals surface area contributed by atoms with Crippen molar-refractivity contribution in [2.45, 2.75) is 4.90 Å². The van der Waals surface area contributed by atoms with E-state index in [9.17, 15) is 9.59 Å². The van der Waals surface area contributed by atoms with Crippen LogP contribution in [0.5, 0.6) is 0 Å². The smallest absolute Gasteiger partial charge is 0.394 e. The van der Waals surface area contributed by atoms with Crippen LogP contribution in [0.4, 0.5) is 5.69 Å². The number of thioether (sulfide) groups is 1. The number of amides is 1. The standard InChI is InChI=1S/C9H9NO3S/c1-14-7-4-2-6(3-5-7)10-8(11)9(12)13/h2-5H,1H3,(H,10,11)(H,12,13). The van der Waals surface area contributed by atoms with Crippen LogP contribution in [-0.4, -0.2) is 23.2 Å². The first-order valence-electron chi connectivity index (χ1n) is 3.82. The Morgan fingerprint density at radius 2 is 1.86 bits per heavy atom. The number of aliphatic carboxylic acids is 1. The predicted octanol–water partition coefficient (Wildman–Crippen LogP) is 1.43. The van der Waals surface area contributed by atoms with E-state index in [1.807, 2.05) is 18.4 Å². The number of carboxylic acids is 1. The number of rotatable bonds is 2. The van der Waals surface area contributed by atoms with Crippen LogP contribution in [0.2, 0.25) is 0 Å². The van der Waals surface area contributed by atoms with E-state index in [0.29, 0.717) is 5.69 Å². The lowest BCUT2D eigenvalue weighted by molar-refractivity contribution is -0.147. The monoisotopic (exact) mass is 211 g/mol. The number of benzene rings is 1. The molecule has 4 nitrogen and oxygen atoms in total.